The summed E-state index contributed by atoms with van der Waals surface area (Å²) in [5.74, 6) is 0. The third-order valence-electron chi connectivity index (χ3n) is 0. The fraction of sp³-hybridized carbons (Fsp3) is 0. The van der Waals surface area contributed by atoms with Gasteiger partial charge < -0.3 is 12.3 Å². The summed E-state index contributed by atoms with van der Waals surface area (Å²) in [4.78, 5) is 0. The maximum Gasteiger partial charge on any atom is 6.00 e. The van der Waals surface area contributed by atoms with E-state index in [4.69, 9.17) is 5.16 Å². The van der Waals surface area contributed by atoms with E-state index < -0.39 is 0 Å². The third-order valence-corrected chi connectivity index (χ3v) is 0. The van der Waals surface area contributed by atoms with Crippen LogP contribution in [-0.4, -0.2) is 7.49 Å². The van der Waals surface area contributed by atoms with E-state index >= 15 is 0 Å². The Hall–Kier alpha value is 0.383. The molecule has 0 aromatic carbocycles. The molecule has 0 N–H and O–H groups in total. The summed E-state index contributed by atoms with van der Waals surface area (Å²) in [7, 11) is 3.50. The fourth-order valence-electron chi connectivity index (χ4n) is 0. The first kappa shape index (κ1) is 54.1. The SMILES string of the molecule is B#N.[Mo+6].[N-3].[N-3]. The normalized spacial score (nSPS) is 1.00. The maximum atomic E-state index is 6.50. The van der Waals surface area contributed by atoms with Gasteiger partial charge in [0.15, 0.2) is 0 Å². The van der Waals surface area contributed by atoms with Crippen molar-refractivity contribution in [1.82, 2.24) is 0 Å². The quantitative estimate of drug-likeness (QED) is 0.452. The van der Waals surface area contributed by atoms with Crippen LogP contribution in [-0.2, 0) is 21.1 Å². The van der Waals surface area contributed by atoms with Crippen molar-refractivity contribution in [3.8, 4) is 0 Å². The van der Waals surface area contributed by atoms with Crippen molar-refractivity contribution in [3.63, 3.8) is 0 Å². The Morgan fingerprint density at radius 3 is 1.00 bits per heavy atom. The van der Waals surface area contributed by atoms with Crippen molar-refractivity contribution in [2.75, 3.05) is 0 Å². The Kier molecular flexibility index (Phi) is 3690. The largest absolute Gasteiger partial charge is 6.00 e. The minimum Gasteiger partial charge on any atom is -3.00 e. The molecule has 0 unspecified atom stereocenters. The molecule has 0 bridgehead atoms. The van der Waals surface area contributed by atoms with Gasteiger partial charge in [0.05, 0.1) is 0 Å². The Morgan fingerprint density at radius 1 is 1.00 bits per heavy atom. The second-order valence-electron chi connectivity index (χ2n) is 0. The van der Waals surface area contributed by atoms with E-state index in [1.807, 2.05) is 0 Å². The molecule has 0 saturated carbocycles. The van der Waals surface area contributed by atoms with Gasteiger partial charge in [0.1, 0.15) is 0 Å². The predicted octanol–water partition coefficient (Wildman–Crippen LogP) is 0.209. The van der Waals surface area contributed by atoms with Gasteiger partial charge in [-0.15, -0.1) is 0 Å². The molecule has 24 valence electrons. The van der Waals surface area contributed by atoms with Crippen LogP contribution in [0.3, 0.4) is 0 Å². The van der Waals surface area contributed by atoms with Crippen LogP contribution in [0.2, 0.25) is 0 Å². The predicted molar refractivity (Wildman–Crippen MR) is 14.2 cm³/mol. The van der Waals surface area contributed by atoms with Crippen molar-refractivity contribution in [2.45, 2.75) is 0 Å². The fourth-order valence-corrected chi connectivity index (χ4v) is 0. The van der Waals surface area contributed by atoms with E-state index in [2.05, 4.69) is 7.49 Å². The molecular formula is BMoN3. The number of rotatable bonds is 0. The average molecular weight is 149 g/mol. The minimum atomic E-state index is 0. The van der Waals surface area contributed by atoms with Crippen LogP contribution in [0, 0.1) is 5.16 Å². The van der Waals surface area contributed by atoms with E-state index in [1.165, 1.54) is 0 Å². The molecule has 0 spiro atoms. The van der Waals surface area contributed by atoms with Gasteiger partial charge in [-0.1, -0.05) is 0 Å². The second-order valence-corrected chi connectivity index (χ2v) is 0. The van der Waals surface area contributed by atoms with Gasteiger partial charge in [0.25, 0.3) is 0 Å². The first-order chi connectivity index (χ1) is 1.00. The molecule has 0 fully saturated rings. The topological polar surface area (TPSA) is 84.8 Å². The summed E-state index contributed by atoms with van der Waals surface area (Å²) in [5.41, 5.74) is 0. The van der Waals surface area contributed by atoms with Gasteiger partial charge in [-0.3, -0.25) is 0 Å². The van der Waals surface area contributed by atoms with Crippen LogP contribution in [0.15, 0.2) is 0 Å². The molecule has 5 heteroatoms. The zero-order valence-electron chi connectivity index (χ0n) is 2.33. The molecule has 0 saturated heterocycles. The van der Waals surface area contributed by atoms with Gasteiger partial charge in [-0.25, -0.2) is 0 Å². The summed E-state index contributed by atoms with van der Waals surface area (Å²) >= 11 is 0. The molecule has 0 radical (unpaired) electrons. The standard InChI is InChI=1S/BN.Mo.2N/c1-2;;;/q;+6;2*-3. The maximum absolute atomic E-state index is 6.50. The van der Waals surface area contributed by atoms with E-state index in [9.17, 15) is 0 Å². The Balaban J connectivity index is -0.00000000167. The van der Waals surface area contributed by atoms with Crippen LogP contribution in [0.5, 0.6) is 0 Å². The Bertz CT molecular complexity index is 11.6. The van der Waals surface area contributed by atoms with Crippen LogP contribution in [0.4, 0.5) is 0 Å². The summed E-state index contributed by atoms with van der Waals surface area (Å²) in [6.45, 7) is 0. The number of hydrogen-bond acceptors (Lipinski definition) is 1. The number of hydrogen-bond donors (Lipinski definition) is 0. The minimum absolute atomic E-state index is 0. The summed E-state index contributed by atoms with van der Waals surface area (Å²) < 4.78 is 0. The van der Waals surface area contributed by atoms with Crippen molar-refractivity contribution >= 4 is 7.49 Å². The van der Waals surface area contributed by atoms with Gasteiger partial charge in [0.2, 0.25) is 0 Å². The number of nitrogens with zero attached hydrogens (tertiary/aromatic N) is 3. The van der Waals surface area contributed by atoms with E-state index in [0.717, 1.165) is 0 Å². The molecule has 5 heavy (non-hydrogen) atoms. The summed E-state index contributed by atoms with van der Waals surface area (Å²) in [5, 5.41) is 6.50. The molecule has 0 aliphatic rings. The first-order valence-corrected chi connectivity index (χ1v) is 0.258. The first-order valence-electron chi connectivity index (χ1n) is 0.258. The zero-order valence-corrected chi connectivity index (χ0v) is 4.33. The molecule has 0 aromatic heterocycles. The monoisotopic (exact) mass is 151 g/mol. The molecular weight excluding hydrogens is 149 g/mol. The van der Waals surface area contributed by atoms with E-state index in [1.54, 1.807) is 0 Å². The van der Waals surface area contributed by atoms with Gasteiger partial charge in [-0.05, 0) is 0 Å². The van der Waals surface area contributed by atoms with Crippen LogP contribution >= 0.6 is 0 Å². The van der Waals surface area contributed by atoms with Crippen LogP contribution in [0.25, 0.3) is 12.3 Å². The molecule has 0 rings (SSSR count). The van der Waals surface area contributed by atoms with E-state index in [0.29, 0.717) is 0 Å². The summed E-state index contributed by atoms with van der Waals surface area (Å²) in [6.07, 6.45) is 0. The summed E-state index contributed by atoms with van der Waals surface area (Å²) in [6, 6.07) is 0. The van der Waals surface area contributed by atoms with Gasteiger partial charge in [-0.2, -0.15) is 0 Å². The molecule has 0 heterocycles. The average Bonchev–Trinajstić information content (AvgIpc) is 1.00. The molecule has 0 amide bonds. The molecule has 0 atom stereocenters. The molecule has 0 aliphatic carbocycles. The molecule has 0 aliphatic heterocycles. The zero-order chi connectivity index (χ0) is 2.00. The Morgan fingerprint density at radius 2 is 1.00 bits per heavy atom. The van der Waals surface area contributed by atoms with Crippen molar-refractivity contribution in [1.29, 1.82) is 5.16 Å². The smallest absolute Gasteiger partial charge is 3.00 e. The second kappa shape index (κ2) is 342. The Labute approximate surface area is 46.6 Å². The van der Waals surface area contributed by atoms with Crippen LogP contribution in [0.1, 0.15) is 0 Å². The van der Waals surface area contributed by atoms with Crippen molar-refractivity contribution < 1.29 is 21.1 Å². The molecule has 3 nitrogen and oxygen atoms in total. The van der Waals surface area contributed by atoms with Gasteiger partial charge >= 0.3 is 33.7 Å². The van der Waals surface area contributed by atoms with E-state index in [-0.39, 0.29) is 33.4 Å². The molecule has 0 aromatic rings. The van der Waals surface area contributed by atoms with Crippen LogP contribution < -0.4 is 0 Å². The third kappa shape index (κ3) is 170. The van der Waals surface area contributed by atoms with Gasteiger partial charge in [0, 0.05) is 0 Å². The van der Waals surface area contributed by atoms with Crippen molar-refractivity contribution in [3.05, 3.63) is 12.3 Å². The van der Waals surface area contributed by atoms with Crippen molar-refractivity contribution in [2.24, 2.45) is 0 Å².